The molecule has 2 rings (SSSR count). The number of likely N-dealkylation sites (N-methyl/N-ethyl adjacent to an activating group) is 1. The molecule has 0 atom stereocenters. The van der Waals surface area contributed by atoms with Gasteiger partial charge in [-0.1, -0.05) is 29.8 Å². The number of hydrogen-bond donors (Lipinski definition) is 0. The number of amides is 1. The molecule has 2 aromatic rings. The van der Waals surface area contributed by atoms with E-state index in [4.69, 9.17) is 4.74 Å². The normalized spacial score (nSPS) is 10.8. The lowest BCUT2D eigenvalue weighted by molar-refractivity contribution is -0.125. The number of benzene rings is 2. The molecule has 3 nitrogen and oxygen atoms in total. The van der Waals surface area contributed by atoms with Crippen molar-refractivity contribution < 1.29 is 13.9 Å². The molecule has 0 unspecified atom stereocenters. The fraction of sp³-hybridized carbons (Fsp3) is 0.211. The highest BCUT2D eigenvalue weighted by atomic mass is 19.1. The molecule has 0 saturated heterocycles. The van der Waals surface area contributed by atoms with E-state index in [1.54, 1.807) is 37.3 Å². The van der Waals surface area contributed by atoms with Crippen LogP contribution in [0.2, 0.25) is 0 Å². The van der Waals surface area contributed by atoms with Gasteiger partial charge >= 0.3 is 0 Å². The van der Waals surface area contributed by atoms with Crippen LogP contribution in [-0.4, -0.2) is 25.0 Å². The lowest BCUT2D eigenvalue weighted by Gasteiger charge is -2.17. The molecule has 0 spiro atoms. The van der Waals surface area contributed by atoms with Crippen molar-refractivity contribution in [2.45, 2.75) is 13.5 Å². The molecule has 0 fully saturated rings. The minimum atomic E-state index is -0.322. The number of hydrogen-bond acceptors (Lipinski definition) is 2. The summed E-state index contributed by atoms with van der Waals surface area (Å²) >= 11 is 0. The number of methoxy groups -OCH3 is 1. The second-order valence-corrected chi connectivity index (χ2v) is 5.40. The molecule has 2 aromatic carbocycles. The van der Waals surface area contributed by atoms with Crippen LogP contribution in [0.4, 0.5) is 4.39 Å². The lowest BCUT2D eigenvalue weighted by Crippen LogP contribution is -2.24. The van der Waals surface area contributed by atoms with Crippen LogP contribution in [0.5, 0.6) is 5.75 Å². The summed E-state index contributed by atoms with van der Waals surface area (Å²) in [5.41, 5.74) is 2.71. The van der Waals surface area contributed by atoms with Gasteiger partial charge < -0.3 is 9.64 Å². The van der Waals surface area contributed by atoms with Gasteiger partial charge in [-0.15, -0.1) is 0 Å². The molecule has 0 aliphatic carbocycles. The fourth-order valence-corrected chi connectivity index (χ4v) is 2.27. The van der Waals surface area contributed by atoms with E-state index in [9.17, 15) is 9.18 Å². The summed E-state index contributed by atoms with van der Waals surface area (Å²) in [6.07, 6.45) is 3.05. The summed E-state index contributed by atoms with van der Waals surface area (Å²) in [5.74, 6) is 0.277. The Bertz CT molecular complexity index is 725. The van der Waals surface area contributed by atoms with Crippen molar-refractivity contribution >= 4 is 12.0 Å². The van der Waals surface area contributed by atoms with Crippen molar-refractivity contribution in [2.75, 3.05) is 14.2 Å². The van der Waals surface area contributed by atoms with Crippen molar-refractivity contribution in [1.82, 2.24) is 4.90 Å². The molecule has 0 N–H and O–H groups in total. The van der Waals surface area contributed by atoms with Crippen molar-refractivity contribution in [1.29, 1.82) is 0 Å². The summed E-state index contributed by atoms with van der Waals surface area (Å²) in [6, 6.07) is 12.0. The molecule has 1 amide bonds. The molecule has 4 heteroatoms. The highest BCUT2D eigenvalue weighted by Gasteiger charge is 2.10. The Labute approximate surface area is 136 Å². The third-order valence-electron chi connectivity index (χ3n) is 3.49. The zero-order chi connectivity index (χ0) is 16.8. The average molecular weight is 313 g/mol. The Morgan fingerprint density at radius 2 is 2.04 bits per heavy atom. The molecular formula is C19H20FNO2. The molecule has 0 aliphatic heterocycles. The van der Waals surface area contributed by atoms with E-state index in [1.807, 2.05) is 25.1 Å². The van der Waals surface area contributed by atoms with Crippen LogP contribution in [0.1, 0.15) is 16.7 Å². The van der Waals surface area contributed by atoms with E-state index < -0.39 is 0 Å². The Morgan fingerprint density at radius 1 is 1.26 bits per heavy atom. The van der Waals surface area contributed by atoms with Gasteiger partial charge in [-0.2, -0.15) is 0 Å². The van der Waals surface area contributed by atoms with Gasteiger partial charge in [0.15, 0.2) is 0 Å². The van der Waals surface area contributed by atoms with Crippen molar-refractivity contribution in [3.63, 3.8) is 0 Å². The van der Waals surface area contributed by atoms with Crippen LogP contribution in [0.25, 0.3) is 6.08 Å². The van der Waals surface area contributed by atoms with E-state index in [-0.39, 0.29) is 11.7 Å². The molecule has 0 aliphatic rings. The Kier molecular flexibility index (Phi) is 5.52. The third kappa shape index (κ3) is 4.68. The maximum absolute atomic E-state index is 13.1. The minimum Gasteiger partial charge on any atom is -0.496 e. The number of nitrogens with zero attached hydrogens (tertiary/aromatic N) is 1. The molecule has 0 aromatic heterocycles. The van der Waals surface area contributed by atoms with Gasteiger partial charge in [-0.05, 0) is 36.8 Å². The predicted octanol–water partition coefficient (Wildman–Crippen LogP) is 3.81. The number of aryl methyl sites for hydroxylation is 1. The number of halogens is 1. The SMILES string of the molecule is COc1ccc(C)cc1CN(C)C(=O)/C=C/c1cccc(F)c1. The number of carbonyl (C=O) groups excluding carboxylic acids is 1. The topological polar surface area (TPSA) is 29.5 Å². The van der Waals surface area contributed by atoms with Gasteiger partial charge in [-0.3, -0.25) is 4.79 Å². The summed E-state index contributed by atoms with van der Waals surface area (Å²) in [4.78, 5) is 13.8. The first-order chi connectivity index (χ1) is 11.0. The summed E-state index contributed by atoms with van der Waals surface area (Å²) in [5, 5.41) is 0. The predicted molar refractivity (Wildman–Crippen MR) is 89.6 cm³/mol. The average Bonchev–Trinajstić information content (AvgIpc) is 2.53. The van der Waals surface area contributed by atoms with E-state index in [0.717, 1.165) is 16.9 Å². The van der Waals surface area contributed by atoms with E-state index in [2.05, 4.69) is 0 Å². The van der Waals surface area contributed by atoms with E-state index in [1.165, 1.54) is 18.2 Å². The first-order valence-electron chi connectivity index (χ1n) is 7.32. The molecule has 23 heavy (non-hydrogen) atoms. The maximum atomic E-state index is 13.1. The molecule has 0 bridgehead atoms. The van der Waals surface area contributed by atoms with Crippen LogP contribution in [0, 0.1) is 12.7 Å². The van der Waals surface area contributed by atoms with Gasteiger partial charge in [-0.25, -0.2) is 4.39 Å². The fourth-order valence-electron chi connectivity index (χ4n) is 2.27. The van der Waals surface area contributed by atoms with Crippen molar-refractivity contribution in [3.05, 3.63) is 71.0 Å². The van der Waals surface area contributed by atoms with Crippen LogP contribution in [0.15, 0.2) is 48.5 Å². The smallest absolute Gasteiger partial charge is 0.246 e. The van der Waals surface area contributed by atoms with Crippen LogP contribution < -0.4 is 4.74 Å². The second kappa shape index (κ2) is 7.58. The highest BCUT2D eigenvalue weighted by molar-refractivity contribution is 5.91. The monoisotopic (exact) mass is 313 g/mol. The van der Waals surface area contributed by atoms with Crippen LogP contribution in [0.3, 0.4) is 0 Å². The summed E-state index contributed by atoms with van der Waals surface area (Å²) < 4.78 is 18.4. The number of rotatable bonds is 5. The van der Waals surface area contributed by atoms with E-state index >= 15 is 0 Å². The van der Waals surface area contributed by atoms with Gasteiger partial charge in [0, 0.05) is 25.2 Å². The first-order valence-corrected chi connectivity index (χ1v) is 7.32. The Morgan fingerprint density at radius 3 is 2.74 bits per heavy atom. The largest absolute Gasteiger partial charge is 0.496 e. The van der Waals surface area contributed by atoms with Gasteiger partial charge in [0.25, 0.3) is 0 Å². The quantitative estimate of drug-likeness (QED) is 0.786. The third-order valence-corrected chi connectivity index (χ3v) is 3.49. The molecular weight excluding hydrogens is 293 g/mol. The molecule has 0 saturated carbocycles. The van der Waals surface area contributed by atoms with Crippen LogP contribution in [-0.2, 0) is 11.3 Å². The van der Waals surface area contributed by atoms with Gasteiger partial charge in [0.1, 0.15) is 11.6 Å². The number of ether oxygens (including phenoxy) is 1. The zero-order valence-electron chi connectivity index (χ0n) is 13.5. The summed E-state index contributed by atoms with van der Waals surface area (Å²) in [6.45, 7) is 2.44. The highest BCUT2D eigenvalue weighted by Crippen LogP contribution is 2.21. The van der Waals surface area contributed by atoms with Crippen molar-refractivity contribution in [2.24, 2.45) is 0 Å². The Hall–Kier alpha value is -2.62. The first kappa shape index (κ1) is 16.7. The van der Waals surface area contributed by atoms with Gasteiger partial charge in [0.05, 0.1) is 7.11 Å². The van der Waals surface area contributed by atoms with Crippen molar-refractivity contribution in [3.8, 4) is 5.75 Å². The number of carbonyl (C=O) groups is 1. The molecule has 0 heterocycles. The molecule has 120 valence electrons. The minimum absolute atomic E-state index is 0.155. The summed E-state index contributed by atoms with van der Waals surface area (Å²) in [7, 11) is 3.33. The lowest BCUT2D eigenvalue weighted by atomic mass is 10.1. The zero-order valence-corrected chi connectivity index (χ0v) is 13.5. The second-order valence-electron chi connectivity index (χ2n) is 5.40. The maximum Gasteiger partial charge on any atom is 0.246 e. The van der Waals surface area contributed by atoms with Gasteiger partial charge in [0.2, 0.25) is 5.91 Å². The standard InChI is InChI=1S/C19H20FNO2/c1-14-7-9-18(23-3)16(11-14)13-21(2)19(22)10-8-15-5-4-6-17(20)12-15/h4-12H,13H2,1-3H3/b10-8+. The molecule has 0 radical (unpaired) electrons. The van der Waals surface area contributed by atoms with E-state index in [0.29, 0.717) is 12.1 Å². The Balaban J connectivity index is 2.07. The van der Waals surface area contributed by atoms with Crippen LogP contribution >= 0.6 is 0 Å².